The first-order valence-corrected chi connectivity index (χ1v) is 4.08. The van der Waals surface area contributed by atoms with Crippen LogP contribution in [0.25, 0.3) is 0 Å². The molecule has 12 heavy (non-hydrogen) atoms. The predicted molar refractivity (Wildman–Crippen MR) is 46.9 cm³/mol. The van der Waals surface area contributed by atoms with E-state index in [1.807, 2.05) is 0 Å². The van der Waals surface area contributed by atoms with E-state index in [0.29, 0.717) is 6.41 Å². The molecule has 0 saturated carbocycles. The molecule has 3 N–H and O–H groups in total. The van der Waals surface area contributed by atoms with Crippen LogP contribution in [0.1, 0.15) is 0 Å². The second-order valence-electron chi connectivity index (χ2n) is 2.03. The molecule has 0 aromatic carbocycles. The Morgan fingerprint density at radius 1 is 1.67 bits per heavy atom. The van der Waals surface area contributed by atoms with Gasteiger partial charge in [0, 0.05) is 12.3 Å². The lowest BCUT2D eigenvalue weighted by Crippen LogP contribution is -2.45. The lowest BCUT2D eigenvalue weighted by molar-refractivity contribution is -0.124. The van der Waals surface area contributed by atoms with E-state index in [0.717, 1.165) is 0 Å². The molecule has 0 aliphatic rings. The van der Waals surface area contributed by atoms with Gasteiger partial charge in [-0.1, -0.05) is 0 Å². The maximum atomic E-state index is 11.0. The van der Waals surface area contributed by atoms with E-state index >= 15 is 0 Å². The minimum Gasteiger partial charge on any atom is -0.395 e. The summed E-state index contributed by atoms with van der Waals surface area (Å²) in [4.78, 5) is 21.0. The Morgan fingerprint density at radius 3 is 2.75 bits per heavy atom. The molecule has 1 unspecified atom stereocenters. The Bertz CT molecular complexity index is 154. The normalized spacial score (nSPS) is 11.8. The molecule has 1 atom stereocenters. The van der Waals surface area contributed by atoms with Crippen molar-refractivity contribution in [1.82, 2.24) is 10.6 Å². The molecule has 70 valence electrons. The summed E-state index contributed by atoms with van der Waals surface area (Å²) in [7, 11) is 0. The summed E-state index contributed by atoms with van der Waals surface area (Å²) < 4.78 is 0. The first-order valence-electron chi connectivity index (χ1n) is 3.45. The van der Waals surface area contributed by atoms with Crippen LogP contribution in [0.2, 0.25) is 0 Å². The van der Waals surface area contributed by atoms with Gasteiger partial charge in [0.2, 0.25) is 12.3 Å². The SMILES string of the molecule is O=CNC(CS)C(=O)NCCO. The highest BCUT2D eigenvalue weighted by Gasteiger charge is 2.13. The maximum Gasteiger partial charge on any atom is 0.243 e. The zero-order chi connectivity index (χ0) is 9.40. The van der Waals surface area contributed by atoms with Crippen molar-refractivity contribution in [1.29, 1.82) is 0 Å². The summed E-state index contributed by atoms with van der Waals surface area (Å²) in [6.45, 7) is 0.0652. The van der Waals surface area contributed by atoms with Crippen molar-refractivity contribution >= 4 is 24.9 Å². The number of nitrogens with one attached hydrogen (secondary N) is 2. The van der Waals surface area contributed by atoms with Gasteiger partial charge in [0.1, 0.15) is 6.04 Å². The highest BCUT2D eigenvalue weighted by atomic mass is 32.1. The van der Waals surface area contributed by atoms with Gasteiger partial charge >= 0.3 is 0 Å². The molecule has 0 heterocycles. The number of hydrogen-bond acceptors (Lipinski definition) is 4. The van der Waals surface area contributed by atoms with Crippen LogP contribution in [-0.4, -0.2) is 42.4 Å². The second kappa shape index (κ2) is 6.93. The molecule has 5 nitrogen and oxygen atoms in total. The average molecular weight is 192 g/mol. The third-order valence-corrected chi connectivity index (χ3v) is 1.54. The Hall–Kier alpha value is -0.750. The van der Waals surface area contributed by atoms with Crippen molar-refractivity contribution in [3.8, 4) is 0 Å². The molecule has 0 aliphatic heterocycles. The van der Waals surface area contributed by atoms with E-state index in [2.05, 4.69) is 23.3 Å². The van der Waals surface area contributed by atoms with Gasteiger partial charge in [0.25, 0.3) is 0 Å². The van der Waals surface area contributed by atoms with Crippen LogP contribution in [-0.2, 0) is 9.59 Å². The lowest BCUT2D eigenvalue weighted by atomic mass is 10.3. The van der Waals surface area contributed by atoms with Crippen molar-refractivity contribution < 1.29 is 14.7 Å². The van der Waals surface area contributed by atoms with E-state index in [9.17, 15) is 9.59 Å². The number of rotatable bonds is 6. The summed E-state index contributed by atoms with van der Waals surface area (Å²) in [5.41, 5.74) is 0. The molecular formula is C6H12N2O3S. The predicted octanol–water partition coefficient (Wildman–Crippen LogP) is -1.86. The highest BCUT2D eigenvalue weighted by molar-refractivity contribution is 7.80. The fourth-order valence-corrected chi connectivity index (χ4v) is 0.867. The van der Waals surface area contributed by atoms with Crippen LogP contribution in [0.5, 0.6) is 0 Å². The van der Waals surface area contributed by atoms with Gasteiger partial charge < -0.3 is 15.7 Å². The van der Waals surface area contributed by atoms with Gasteiger partial charge in [-0.3, -0.25) is 9.59 Å². The summed E-state index contributed by atoms with van der Waals surface area (Å²) in [5.74, 6) is -0.109. The Morgan fingerprint density at radius 2 is 2.33 bits per heavy atom. The zero-order valence-corrected chi connectivity index (χ0v) is 7.38. The molecule has 0 fully saturated rings. The zero-order valence-electron chi connectivity index (χ0n) is 6.49. The van der Waals surface area contributed by atoms with Crippen LogP contribution in [0, 0.1) is 0 Å². The third kappa shape index (κ3) is 4.20. The topological polar surface area (TPSA) is 78.4 Å². The Labute approximate surface area is 75.9 Å². The van der Waals surface area contributed by atoms with Gasteiger partial charge in [-0.2, -0.15) is 12.6 Å². The van der Waals surface area contributed by atoms with Gasteiger partial charge in [-0.05, 0) is 0 Å². The quantitative estimate of drug-likeness (QED) is 0.294. The Balaban J connectivity index is 3.76. The lowest BCUT2D eigenvalue weighted by Gasteiger charge is -2.12. The standard InChI is InChI=1S/C6H12N2O3S/c9-2-1-7-6(11)5(3-12)8-4-10/h4-5,9,12H,1-3H2,(H,7,11)(H,8,10). The molecule has 0 saturated heterocycles. The van der Waals surface area contributed by atoms with Gasteiger partial charge in [0.15, 0.2) is 0 Å². The van der Waals surface area contributed by atoms with E-state index in [-0.39, 0.29) is 24.8 Å². The average Bonchev–Trinajstić information content (AvgIpc) is 2.10. The summed E-state index contributed by atoms with van der Waals surface area (Å²) in [6, 6.07) is -0.627. The third-order valence-electron chi connectivity index (χ3n) is 1.18. The van der Waals surface area contributed by atoms with Gasteiger partial charge in [-0.25, -0.2) is 0 Å². The monoisotopic (exact) mass is 192 g/mol. The summed E-state index contributed by atoms with van der Waals surface area (Å²) in [5, 5.41) is 13.1. The first kappa shape index (κ1) is 11.2. The minimum atomic E-state index is -0.627. The molecule has 0 aliphatic carbocycles. The maximum absolute atomic E-state index is 11.0. The molecule has 0 bridgehead atoms. The largest absolute Gasteiger partial charge is 0.395 e. The summed E-state index contributed by atoms with van der Waals surface area (Å²) >= 11 is 3.87. The second-order valence-corrected chi connectivity index (χ2v) is 2.40. The van der Waals surface area contributed by atoms with E-state index in [1.54, 1.807) is 0 Å². The van der Waals surface area contributed by atoms with E-state index < -0.39 is 6.04 Å². The van der Waals surface area contributed by atoms with Crippen molar-refractivity contribution in [2.24, 2.45) is 0 Å². The molecule has 2 amide bonds. The smallest absolute Gasteiger partial charge is 0.243 e. The number of amides is 2. The van der Waals surface area contributed by atoms with Crippen LogP contribution >= 0.6 is 12.6 Å². The van der Waals surface area contributed by atoms with Crippen molar-refractivity contribution in [2.45, 2.75) is 6.04 Å². The molecule has 0 aromatic rings. The molecule has 0 aromatic heterocycles. The number of carbonyl (C=O) groups is 2. The van der Waals surface area contributed by atoms with Gasteiger partial charge in [-0.15, -0.1) is 0 Å². The van der Waals surface area contributed by atoms with E-state index in [4.69, 9.17) is 5.11 Å². The molecule has 0 rings (SSSR count). The molecule has 6 heteroatoms. The molecular weight excluding hydrogens is 180 g/mol. The number of hydrogen-bond donors (Lipinski definition) is 4. The molecule has 0 radical (unpaired) electrons. The van der Waals surface area contributed by atoms with Crippen LogP contribution in [0.15, 0.2) is 0 Å². The van der Waals surface area contributed by atoms with Crippen LogP contribution in [0.3, 0.4) is 0 Å². The number of carbonyl (C=O) groups excluding carboxylic acids is 2. The number of aliphatic hydroxyl groups is 1. The fraction of sp³-hybridized carbons (Fsp3) is 0.667. The number of thiol groups is 1. The van der Waals surface area contributed by atoms with Crippen LogP contribution in [0.4, 0.5) is 0 Å². The number of aliphatic hydroxyl groups excluding tert-OH is 1. The first-order chi connectivity index (χ1) is 5.76. The van der Waals surface area contributed by atoms with E-state index in [1.165, 1.54) is 0 Å². The minimum absolute atomic E-state index is 0.119. The van der Waals surface area contributed by atoms with Crippen LogP contribution < -0.4 is 10.6 Å². The summed E-state index contributed by atoms with van der Waals surface area (Å²) in [6.07, 6.45) is 0.444. The van der Waals surface area contributed by atoms with Crippen molar-refractivity contribution in [3.63, 3.8) is 0 Å². The fourth-order valence-electron chi connectivity index (χ4n) is 0.596. The van der Waals surface area contributed by atoms with Gasteiger partial charge in [0.05, 0.1) is 6.61 Å². The highest BCUT2D eigenvalue weighted by Crippen LogP contribution is 1.86. The Kier molecular flexibility index (Phi) is 6.50. The molecule has 0 spiro atoms. The van der Waals surface area contributed by atoms with Crippen molar-refractivity contribution in [2.75, 3.05) is 18.9 Å². The van der Waals surface area contributed by atoms with Crippen molar-refractivity contribution in [3.05, 3.63) is 0 Å².